The predicted octanol–water partition coefficient (Wildman–Crippen LogP) is 1.63. The number of hydrogen-bond acceptors (Lipinski definition) is 2. The van der Waals surface area contributed by atoms with E-state index < -0.39 is 0 Å². The minimum atomic E-state index is 0.0950. The minimum Gasteiger partial charge on any atom is -0.355 e. The molecule has 0 aromatic carbocycles. The molecule has 0 unspecified atom stereocenters. The Morgan fingerprint density at radius 1 is 1.27 bits per heavy atom. The van der Waals surface area contributed by atoms with Crippen molar-refractivity contribution < 1.29 is 4.79 Å². The van der Waals surface area contributed by atoms with Crippen molar-refractivity contribution in [2.45, 2.75) is 40.0 Å². The minimum absolute atomic E-state index is 0.0950. The molecule has 0 bridgehead atoms. The second-order valence-electron chi connectivity index (χ2n) is 5.64. The first-order valence-electron chi connectivity index (χ1n) is 5.96. The van der Waals surface area contributed by atoms with Crippen LogP contribution in [0.4, 0.5) is 0 Å². The number of amides is 1. The van der Waals surface area contributed by atoms with Gasteiger partial charge in [-0.3, -0.25) is 4.79 Å². The van der Waals surface area contributed by atoms with E-state index in [9.17, 15) is 4.79 Å². The first-order chi connectivity index (χ1) is 6.97. The highest BCUT2D eigenvalue weighted by atomic mass is 16.1. The highest BCUT2D eigenvalue weighted by molar-refractivity contribution is 5.76. The van der Waals surface area contributed by atoms with Crippen LogP contribution in [0.1, 0.15) is 40.0 Å². The summed E-state index contributed by atoms with van der Waals surface area (Å²) in [5.74, 6) is 0.182. The molecule has 1 aliphatic heterocycles. The van der Waals surface area contributed by atoms with Gasteiger partial charge in [-0.25, -0.2) is 0 Å². The van der Waals surface area contributed by atoms with Crippen LogP contribution in [0.5, 0.6) is 0 Å². The average Bonchev–Trinajstić information content (AvgIpc) is 2.53. The fourth-order valence-electron chi connectivity index (χ4n) is 1.90. The average molecular weight is 212 g/mol. The Morgan fingerprint density at radius 2 is 1.87 bits per heavy atom. The summed E-state index contributed by atoms with van der Waals surface area (Å²) in [6, 6.07) is 0. The molecule has 0 saturated carbocycles. The topological polar surface area (TPSA) is 32.3 Å². The van der Waals surface area contributed by atoms with Crippen LogP contribution >= 0.6 is 0 Å². The van der Waals surface area contributed by atoms with Crippen molar-refractivity contribution in [1.82, 2.24) is 10.2 Å². The lowest BCUT2D eigenvalue weighted by Gasteiger charge is -2.19. The van der Waals surface area contributed by atoms with E-state index in [-0.39, 0.29) is 11.3 Å². The SMILES string of the molecule is CC(C)(C)CC(=O)NCCN1CCCC1. The van der Waals surface area contributed by atoms with E-state index in [0.717, 1.165) is 13.1 Å². The van der Waals surface area contributed by atoms with Crippen molar-refractivity contribution in [2.24, 2.45) is 5.41 Å². The molecule has 1 aliphatic rings. The molecule has 0 aliphatic carbocycles. The maximum absolute atomic E-state index is 11.5. The Morgan fingerprint density at radius 3 is 2.40 bits per heavy atom. The molecule has 0 atom stereocenters. The monoisotopic (exact) mass is 212 g/mol. The van der Waals surface area contributed by atoms with Gasteiger partial charge in [-0.2, -0.15) is 0 Å². The first kappa shape index (κ1) is 12.5. The maximum atomic E-state index is 11.5. The number of hydrogen-bond donors (Lipinski definition) is 1. The highest BCUT2D eigenvalue weighted by Gasteiger charge is 2.16. The molecule has 0 spiro atoms. The van der Waals surface area contributed by atoms with Crippen LogP contribution < -0.4 is 5.32 Å². The number of carbonyl (C=O) groups excluding carboxylic acids is 1. The molecule has 0 aromatic heterocycles. The van der Waals surface area contributed by atoms with Crippen LogP contribution in [0.15, 0.2) is 0 Å². The van der Waals surface area contributed by atoms with Crippen LogP contribution in [-0.4, -0.2) is 37.0 Å². The van der Waals surface area contributed by atoms with Gasteiger partial charge in [-0.1, -0.05) is 20.8 Å². The normalized spacial score (nSPS) is 18.1. The van der Waals surface area contributed by atoms with Gasteiger partial charge in [0.15, 0.2) is 0 Å². The Kier molecular flexibility index (Phi) is 4.58. The molecule has 1 amide bonds. The van der Waals surface area contributed by atoms with Crippen LogP contribution in [0, 0.1) is 5.41 Å². The van der Waals surface area contributed by atoms with Crippen molar-refractivity contribution in [3.8, 4) is 0 Å². The summed E-state index contributed by atoms with van der Waals surface area (Å²) in [5, 5.41) is 2.99. The van der Waals surface area contributed by atoms with Gasteiger partial charge in [-0.15, -0.1) is 0 Å². The Hall–Kier alpha value is -0.570. The van der Waals surface area contributed by atoms with E-state index >= 15 is 0 Å². The van der Waals surface area contributed by atoms with Crippen LogP contribution in [0.2, 0.25) is 0 Å². The summed E-state index contributed by atoms with van der Waals surface area (Å²) >= 11 is 0. The third kappa shape index (κ3) is 5.78. The summed E-state index contributed by atoms with van der Waals surface area (Å²) in [6.07, 6.45) is 3.25. The molecule has 1 saturated heterocycles. The summed E-state index contributed by atoms with van der Waals surface area (Å²) in [6.45, 7) is 10.5. The molecular formula is C12H24N2O. The molecular weight excluding hydrogens is 188 g/mol. The quantitative estimate of drug-likeness (QED) is 0.768. The molecule has 3 heteroatoms. The third-order valence-corrected chi connectivity index (χ3v) is 2.64. The first-order valence-corrected chi connectivity index (χ1v) is 5.96. The lowest BCUT2D eigenvalue weighted by atomic mass is 9.92. The standard InChI is InChI=1S/C12H24N2O/c1-12(2,3)10-11(15)13-6-9-14-7-4-5-8-14/h4-10H2,1-3H3,(H,13,15). The van der Waals surface area contributed by atoms with E-state index in [2.05, 4.69) is 31.0 Å². The van der Waals surface area contributed by atoms with E-state index in [1.54, 1.807) is 0 Å². The number of carbonyl (C=O) groups is 1. The smallest absolute Gasteiger partial charge is 0.220 e. The van der Waals surface area contributed by atoms with Gasteiger partial charge in [-0.05, 0) is 31.3 Å². The molecule has 1 rings (SSSR count). The summed E-state index contributed by atoms with van der Waals surface area (Å²) in [4.78, 5) is 13.9. The zero-order valence-corrected chi connectivity index (χ0v) is 10.3. The lowest BCUT2D eigenvalue weighted by Crippen LogP contribution is -2.34. The fraction of sp³-hybridized carbons (Fsp3) is 0.917. The van der Waals surface area contributed by atoms with Crippen LogP contribution in [0.25, 0.3) is 0 Å². The van der Waals surface area contributed by atoms with Gasteiger partial charge in [0.05, 0.1) is 0 Å². The zero-order chi connectivity index (χ0) is 11.3. The van der Waals surface area contributed by atoms with Gasteiger partial charge in [0.25, 0.3) is 0 Å². The zero-order valence-electron chi connectivity index (χ0n) is 10.3. The second-order valence-corrected chi connectivity index (χ2v) is 5.64. The maximum Gasteiger partial charge on any atom is 0.220 e. The summed E-state index contributed by atoms with van der Waals surface area (Å²) in [7, 11) is 0. The van der Waals surface area contributed by atoms with Gasteiger partial charge in [0, 0.05) is 19.5 Å². The van der Waals surface area contributed by atoms with Crippen molar-refractivity contribution in [3.05, 3.63) is 0 Å². The van der Waals surface area contributed by atoms with Gasteiger partial charge >= 0.3 is 0 Å². The second kappa shape index (κ2) is 5.50. The van der Waals surface area contributed by atoms with E-state index in [0.29, 0.717) is 6.42 Å². The fourth-order valence-corrected chi connectivity index (χ4v) is 1.90. The largest absolute Gasteiger partial charge is 0.355 e. The molecule has 1 fully saturated rings. The molecule has 0 radical (unpaired) electrons. The number of likely N-dealkylation sites (tertiary alicyclic amines) is 1. The lowest BCUT2D eigenvalue weighted by molar-refractivity contribution is -0.122. The molecule has 3 nitrogen and oxygen atoms in total. The summed E-state index contributed by atoms with van der Waals surface area (Å²) in [5.41, 5.74) is 0.0950. The number of nitrogens with zero attached hydrogens (tertiary/aromatic N) is 1. The van der Waals surface area contributed by atoms with Gasteiger partial charge < -0.3 is 10.2 Å². The van der Waals surface area contributed by atoms with Crippen LogP contribution in [-0.2, 0) is 4.79 Å². The predicted molar refractivity (Wildman–Crippen MR) is 62.8 cm³/mol. The Labute approximate surface area is 93.2 Å². The molecule has 1 heterocycles. The molecule has 1 N–H and O–H groups in total. The number of nitrogens with one attached hydrogen (secondary N) is 1. The van der Waals surface area contributed by atoms with E-state index in [1.165, 1.54) is 25.9 Å². The van der Waals surface area contributed by atoms with E-state index in [1.807, 2.05) is 0 Å². The van der Waals surface area contributed by atoms with Crippen molar-refractivity contribution >= 4 is 5.91 Å². The highest BCUT2D eigenvalue weighted by Crippen LogP contribution is 2.17. The summed E-state index contributed by atoms with van der Waals surface area (Å²) < 4.78 is 0. The van der Waals surface area contributed by atoms with Gasteiger partial charge in [0.2, 0.25) is 5.91 Å². The molecule has 15 heavy (non-hydrogen) atoms. The Balaban J connectivity index is 2.06. The molecule has 0 aromatic rings. The van der Waals surface area contributed by atoms with Crippen LogP contribution in [0.3, 0.4) is 0 Å². The van der Waals surface area contributed by atoms with Gasteiger partial charge in [0.1, 0.15) is 0 Å². The number of rotatable bonds is 4. The van der Waals surface area contributed by atoms with Crippen molar-refractivity contribution in [3.63, 3.8) is 0 Å². The Bertz CT molecular complexity index is 202. The van der Waals surface area contributed by atoms with E-state index in [4.69, 9.17) is 0 Å². The van der Waals surface area contributed by atoms with Crippen molar-refractivity contribution in [2.75, 3.05) is 26.2 Å². The molecule has 88 valence electrons. The third-order valence-electron chi connectivity index (χ3n) is 2.64. The van der Waals surface area contributed by atoms with Crippen molar-refractivity contribution in [1.29, 1.82) is 0 Å².